The molecule has 1 aromatic carbocycles. The van der Waals surface area contributed by atoms with Crippen molar-refractivity contribution in [1.82, 2.24) is 9.96 Å². The van der Waals surface area contributed by atoms with Crippen molar-refractivity contribution in [2.24, 2.45) is 0 Å². The standard InChI is InChI=1S/C24H34N2O4/c1-3-5-6-10-14-21(11-4-2)30-23(27)22-16-15-20-17-25(22)24(28)26(20)29-18-19-12-8-7-9-13-19/h3,5,7-9,12-13,20-22H,4,6,10-11,14-18H2,1-2H3/t20-,21?,22+/m1/s1. The fraction of sp³-hybridized carbons (Fsp3) is 0.583. The van der Waals surface area contributed by atoms with Crippen LogP contribution in [0.2, 0.25) is 0 Å². The van der Waals surface area contributed by atoms with Crippen molar-refractivity contribution in [2.45, 2.75) is 83.6 Å². The number of esters is 1. The summed E-state index contributed by atoms with van der Waals surface area (Å²) in [4.78, 5) is 33.2. The Morgan fingerprint density at radius 3 is 2.77 bits per heavy atom. The summed E-state index contributed by atoms with van der Waals surface area (Å²) in [5.41, 5.74) is 1.01. The largest absolute Gasteiger partial charge is 0.461 e. The average Bonchev–Trinajstić information content (AvgIpc) is 3.00. The van der Waals surface area contributed by atoms with Gasteiger partial charge < -0.3 is 9.64 Å². The number of benzene rings is 1. The lowest BCUT2D eigenvalue weighted by atomic mass is 10.0. The average molecular weight is 415 g/mol. The first-order valence-electron chi connectivity index (χ1n) is 11.2. The summed E-state index contributed by atoms with van der Waals surface area (Å²) in [6.45, 7) is 4.98. The number of amides is 2. The van der Waals surface area contributed by atoms with Crippen LogP contribution in [0.15, 0.2) is 42.5 Å². The lowest BCUT2D eigenvalue weighted by Crippen LogP contribution is -2.46. The molecular weight excluding hydrogens is 380 g/mol. The molecule has 6 heteroatoms. The highest BCUT2D eigenvalue weighted by atomic mass is 16.7. The number of hydrogen-bond donors (Lipinski definition) is 0. The number of carbonyl (C=O) groups excluding carboxylic acids is 2. The second-order valence-corrected chi connectivity index (χ2v) is 8.11. The van der Waals surface area contributed by atoms with E-state index in [1.807, 2.05) is 43.3 Å². The maximum Gasteiger partial charge on any atom is 0.345 e. The van der Waals surface area contributed by atoms with E-state index < -0.39 is 6.04 Å². The molecule has 2 aliphatic heterocycles. The molecule has 0 aromatic heterocycles. The summed E-state index contributed by atoms with van der Waals surface area (Å²) < 4.78 is 5.86. The highest BCUT2D eigenvalue weighted by Crippen LogP contribution is 2.31. The van der Waals surface area contributed by atoms with Crippen molar-refractivity contribution >= 4 is 12.0 Å². The molecule has 2 fully saturated rings. The van der Waals surface area contributed by atoms with Crippen LogP contribution >= 0.6 is 0 Å². The van der Waals surface area contributed by atoms with E-state index in [-0.39, 0.29) is 24.1 Å². The van der Waals surface area contributed by atoms with Gasteiger partial charge in [0, 0.05) is 6.54 Å². The first-order chi connectivity index (χ1) is 14.6. The van der Waals surface area contributed by atoms with Gasteiger partial charge in [-0.2, -0.15) is 5.06 Å². The number of fused-ring (bicyclic) bond motifs is 2. The Hall–Kier alpha value is -2.34. The zero-order chi connectivity index (χ0) is 21.3. The second-order valence-electron chi connectivity index (χ2n) is 8.11. The molecule has 0 saturated carbocycles. The van der Waals surface area contributed by atoms with Crippen molar-refractivity contribution in [3.63, 3.8) is 0 Å². The van der Waals surface area contributed by atoms with Crippen molar-refractivity contribution in [2.75, 3.05) is 6.54 Å². The summed E-state index contributed by atoms with van der Waals surface area (Å²) in [5.74, 6) is -0.267. The van der Waals surface area contributed by atoms with Crippen molar-refractivity contribution < 1.29 is 19.2 Å². The molecule has 2 saturated heterocycles. The first kappa shape index (κ1) is 22.3. The molecule has 1 unspecified atom stereocenters. The molecule has 0 aliphatic carbocycles. The molecule has 1 aromatic rings. The highest BCUT2D eigenvalue weighted by molar-refractivity contribution is 5.85. The van der Waals surface area contributed by atoms with Gasteiger partial charge in [-0.1, -0.05) is 55.8 Å². The van der Waals surface area contributed by atoms with E-state index in [2.05, 4.69) is 13.0 Å². The maximum atomic E-state index is 12.9. The van der Waals surface area contributed by atoms with Crippen molar-refractivity contribution in [3.8, 4) is 0 Å². The zero-order valence-electron chi connectivity index (χ0n) is 18.2. The Bertz CT molecular complexity index is 721. The van der Waals surface area contributed by atoms with E-state index in [0.29, 0.717) is 19.6 Å². The van der Waals surface area contributed by atoms with Crippen LogP contribution in [0, 0.1) is 0 Å². The van der Waals surface area contributed by atoms with Gasteiger partial charge in [-0.3, -0.25) is 4.84 Å². The van der Waals surface area contributed by atoms with Crippen molar-refractivity contribution in [1.29, 1.82) is 0 Å². The number of urea groups is 1. The highest BCUT2D eigenvalue weighted by Gasteiger charge is 2.48. The summed E-state index contributed by atoms with van der Waals surface area (Å²) in [6.07, 6.45) is 10.2. The minimum Gasteiger partial charge on any atom is -0.461 e. The second kappa shape index (κ2) is 11.2. The van der Waals surface area contributed by atoms with Gasteiger partial charge in [0.05, 0.1) is 6.04 Å². The quantitative estimate of drug-likeness (QED) is 0.295. The number of rotatable bonds is 11. The smallest absolute Gasteiger partial charge is 0.345 e. The van der Waals surface area contributed by atoms with Crippen LogP contribution in [0.5, 0.6) is 0 Å². The molecule has 2 aliphatic rings. The molecule has 3 rings (SSSR count). The van der Waals surface area contributed by atoms with Gasteiger partial charge in [0.2, 0.25) is 0 Å². The molecule has 3 atom stereocenters. The van der Waals surface area contributed by atoms with E-state index >= 15 is 0 Å². The molecule has 30 heavy (non-hydrogen) atoms. The predicted molar refractivity (Wildman–Crippen MR) is 115 cm³/mol. The normalized spacial score (nSPS) is 22.0. The molecule has 0 radical (unpaired) electrons. The van der Waals surface area contributed by atoms with E-state index in [1.54, 1.807) is 4.90 Å². The summed E-state index contributed by atoms with van der Waals surface area (Å²) in [5, 5.41) is 1.46. The third-order valence-electron chi connectivity index (χ3n) is 5.83. The van der Waals surface area contributed by atoms with Gasteiger partial charge in [0.25, 0.3) is 0 Å². The molecule has 0 N–H and O–H groups in total. The zero-order valence-corrected chi connectivity index (χ0v) is 18.2. The maximum absolute atomic E-state index is 12.9. The topological polar surface area (TPSA) is 59.1 Å². The SMILES string of the molecule is CC=CCCCC(CCC)OC(=O)[C@@H]1CC[C@@H]2CN1C(=O)N2OCc1ccccc1. The number of allylic oxidation sites excluding steroid dienone is 2. The van der Waals surface area contributed by atoms with Gasteiger partial charge in [0.15, 0.2) is 0 Å². The molecule has 164 valence electrons. The molecule has 2 heterocycles. The Balaban J connectivity index is 1.54. The molecule has 0 spiro atoms. The van der Waals surface area contributed by atoms with Gasteiger partial charge in [-0.25, -0.2) is 9.59 Å². The molecule has 2 amide bonds. The number of piperidine rings is 1. The van der Waals surface area contributed by atoms with Crippen LogP contribution < -0.4 is 0 Å². The fourth-order valence-corrected chi connectivity index (χ4v) is 4.22. The van der Waals surface area contributed by atoms with Crippen LogP contribution in [-0.2, 0) is 21.0 Å². The Morgan fingerprint density at radius 2 is 2.03 bits per heavy atom. The third-order valence-corrected chi connectivity index (χ3v) is 5.83. The van der Waals surface area contributed by atoms with Crippen LogP contribution in [0.25, 0.3) is 0 Å². The number of carbonyl (C=O) groups is 2. The first-order valence-corrected chi connectivity index (χ1v) is 11.2. The van der Waals surface area contributed by atoms with Crippen LogP contribution in [0.3, 0.4) is 0 Å². The van der Waals surface area contributed by atoms with Crippen LogP contribution in [0.1, 0.15) is 64.4 Å². The number of hydrogen-bond acceptors (Lipinski definition) is 4. The number of unbranched alkanes of at least 4 members (excludes halogenated alkanes) is 1. The lowest BCUT2D eigenvalue weighted by Gasteiger charge is -2.30. The molecule has 6 nitrogen and oxygen atoms in total. The van der Waals surface area contributed by atoms with Gasteiger partial charge in [-0.15, -0.1) is 0 Å². The summed E-state index contributed by atoms with van der Waals surface area (Å²) in [7, 11) is 0. The number of ether oxygens (including phenoxy) is 1. The minimum atomic E-state index is -0.506. The summed E-state index contributed by atoms with van der Waals surface area (Å²) >= 11 is 0. The molecule has 2 bridgehead atoms. The fourth-order valence-electron chi connectivity index (χ4n) is 4.22. The minimum absolute atomic E-state index is 0.00229. The number of nitrogens with zero attached hydrogens (tertiary/aromatic N) is 2. The Labute approximate surface area is 179 Å². The van der Waals surface area contributed by atoms with Crippen LogP contribution in [-0.4, -0.2) is 46.7 Å². The van der Waals surface area contributed by atoms with Crippen LogP contribution in [0.4, 0.5) is 4.79 Å². The van der Waals surface area contributed by atoms with E-state index in [1.165, 1.54) is 5.06 Å². The Morgan fingerprint density at radius 1 is 1.23 bits per heavy atom. The van der Waals surface area contributed by atoms with Crippen molar-refractivity contribution in [3.05, 3.63) is 48.0 Å². The van der Waals surface area contributed by atoms with E-state index in [9.17, 15) is 9.59 Å². The summed E-state index contributed by atoms with van der Waals surface area (Å²) in [6, 6.07) is 9.05. The predicted octanol–water partition coefficient (Wildman–Crippen LogP) is 4.85. The Kier molecular flexibility index (Phi) is 8.31. The van der Waals surface area contributed by atoms with Gasteiger partial charge >= 0.3 is 12.0 Å². The monoisotopic (exact) mass is 414 g/mol. The number of hydroxylamine groups is 2. The van der Waals surface area contributed by atoms with E-state index in [0.717, 1.165) is 44.1 Å². The van der Waals surface area contributed by atoms with Gasteiger partial charge in [-0.05, 0) is 51.0 Å². The van der Waals surface area contributed by atoms with E-state index in [4.69, 9.17) is 9.57 Å². The lowest BCUT2D eigenvalue weighted by molar-refractivity contribution is -0.156. The van der Waals surface area contributed by atoms with Gasteiger partial charge in [0.1, 0.15) is 18.8 Å². The third kappa shape index (κ3) is 5.63. The molecular formula is C24H34N2O4.